The summed E-state index contributed by atoms with van der Waals surface area (Å²) in [5.74, 6) is -2.21. The zero-order valence-electron chi connectivity index (χ0n) is 13.7. The number of benzene rings is 1. The number of anilines is 2. The minimum absolute atomic E-state index is 0.0534. The molecule has 1 atom stereocenters. The number of nitrogen functional groups attached to an aromatic ring is 1. The van der Waals surface area contributed by atoms with E-state index in [-0.39, 0.29) is 31.3 Å². The summed E-state index contributed by atoms with van der Waals surface area (Å²) in [5, 5.41) is 2.54. The molecular formula is C16H20F3N3O3. The zero-order valence-corrected chi connectivity index (χ0v) is 13.7. The van der Waals surface area contributed by atoms with Crippen LogP contribution in [0.25, 0.3) is 0 Å². The van der Waals surface area contributed by atoms with Gasteiger partial charge in [-0.15, -0.1) is 0 Å². The maximum atomic E-state index is 12.7. The largest absolute Gasteiger partial charge is 0.471 e. The molecule has 1 fully saturated rings. The lowest BCUT2D eigenvalue weighted by Gasteiger charge is -2.34. The van der Waals surface area contributed by atoms with E-state index in [1.54, 1.807) is 25.1 Å². The number of ether oxygens (including phenoxy) is 1. The van der Waals surface area contributed by atoms with Gasteiger partial charge in [0, 0.05) is 19.0 Å². The topological polar surface area (TPSA) is 84.7 Å². The van der Waals surface area contributed by atoms with Gasteiger partial charge in [-0.05, 0) is 31.4 Å². The van der Waals surface area contributed by atoms with Crippen LogP contribution in [-0.2, 0) is 9.53 Å². The number of nitrogens with two attached hydrogens (primary N) is 1. The van der Waals surface area contributed by atoms with E-state index in [0.29, 0.717) is 24.1 Å². The van der Waals surface area contributed by atoms with Gasteiger partial charge >= 0.3 is 18.2 Å². The van der Waals surface area contributed by atoms with Gasteiger partial charge in [0.1, 0.15) is 0 Å². The summed E-state index contributed by atoms with van der Waals surface area (Å²) in [4.78, 5) is 24.0. The molecule has 0 saturated carbocycles. The van der Waals surface area contributed by atoms with E-state index in [0.717, 1.165) is 4.90 Å². The number of rotatable bonds is 3. The molecule has 2 rings (SSSR count). The van der Waals surface area contributed by atoms with Gasteiger partial charge in [-0.3, -0.25) is 10.1 Å². The number of nitrogens with one attached hydrogen (secondary N) is 1. The number of hydrogen-bond donors (Lipinski definition) is 2. The molecule has 0 bridgehead atoms. The maximum absolute atomic E-state index is 12.7. The molecule has 1 heterocycles. The predicted molar refractivity (Wildman–Crippen MR) is 86.1 cm³/mol. The molecule has 1 aliphatic heterocycles. The summed E-state index contributed by atoms with van der Waals surface area (Å²) in [6.07, 6.45) is -4.58. The fourth-order valence-electron chi connectivity index (χ4n) is 2.94. The number of halogens is 3. The highest BCUT2D eigenvalue weighted by Gasteiger charge is 2.43. The van der Waals surface area contributed by atoms with Crippen molar-refractivity contribution in [2.45, 2.75) is 31.9 Å². The first-order valence-corrected chi connectivity index (χ1v) is 7.92. The van der Waals surface area contributed by atoms with Gasteiger partial charge in [0.25, 0.3) is 0 Å². The Bertz CT molecular complexity index is 649. The quantitative estimate of drug-likeness (QED) is 0.812. The number of likely N-dealkylation sites (tertiary alicyclic amines) is 1. The van der Waals surface area contributed by atoms with Gasteiger partial charge in [-0.25, -0.2) is 4.79 Å². The Morgan fingerprint density at radius 1 is 1.40 bits per heavy atom. The van der Waals surface area contributed by atoms with Crippen molar-refractivity contribution >= 4 is 23.4 Å². The highest BCUT2D eigenvalue weighted by molar-refractivity contribution is 5.90. The fraction of sp³-hybridized carbons (Fsp3) is 0.500. The van der Waals surface area contributed by atoms with Gasteiger partial charge in [0.05, 0.1) is 18.0 Å². The van der Waals surface area contributed by atoms with Crippen molar-refractivity contribution in [3.05, 3.63) is 23.8 Å². The van der Waals surface area contributed by atoms with Gasteiger partial charge in [-0.1, -0.05) is 12.1 Å². The van der Waals surface area contributed by atoms with E-state index >= 15 is 0 Å². The summed E-state index contributed by atoms with van der Waals surface area (Å²) in [7, 11) is 0. The minimum Gasteiger partial charge on any atom is -0.450 e. The maximum Gasteiger partial charge on any atom is 0.471 e. The number of piperidine rings is 1. The van der Waals surface area contributed by atoms with Crippen LogP contribution in [-0.4, -0.2) is 42.8 Å². The Kier molecular flexibility index (Phi) is 5.76. The van der Waals surface area contributed by atoms with E-state index in [4.69, 9.17) is 10.5 Å². The Morgan fingerprint density at radius 2 is 2.12 bits per heavy atom. The van der Waals surface area contributed by atoms with Crippen LogP contribution in [0.2, 0.25) is 0 Å². The Labute approximate surface area is 143 Å². The van der Waals surface area contributed by atoms with Crippen LogP contribution in [0, 0.1) is 0 Å². The van der Waals surface area contributed by atoms with E-state index in [1.807, 2.05) is 0 Å². The number of carbonyl (C=O) groups excluding carboxylic acids is 2. The Morgan fingerprint density at radius 3 is 2.76 bits per heavy atom. The molecule has 0 spiro atoms. The lowest BCUT2D eigenvalue weighted by molar-refractivity contribution is -0.186. The summed E-state index contributed by atoms with van der Waals surface area (Å²) >= 11 is 0. The molecule has 1 aromatic rings. The van der Waals surface area contributed by atoms with Crippen LogP contribution in [0.4, 0.5) is 29.3 Å². The molecule has 2 amide bonds. The van der Waals surface area contributed by atoms with E-state index in [2.05, 4.69) is 5.32 Å². The van der Waals surface area contributed by atoms with Gasteiger partial charge in [0.2, 0.25) is 0 Å². The van der Waals surface area contributed by atoms with Crippen LogP contribution < -0.4 is 11.1 Å². The van der Waals surface area contributed by atoms with Crippen molar-refractivity contribution in [1.82, 2.24) is 4.90 Å². The van der Waals surface area contributed by atoms with Crippen molar-refractivity contribution in [2.75, 3.05) is 30.7 Å². The van der Waals surface area contributed by atoms with Gasteiger partial charge in [-0.2, -0.15) is 13.2 Å². The second-order valence-corrected chi connectivity index (χ2v) is 5.75. The molecule has 0 aromatic heterocycles. The fourth-order valence-corrected chi connectivity index (χ4v) is 2.94. The Hall–Kier alpha value is -2.45. The molecule has 0 radical (unpaired) electrons. The standard InChI is InChI=1S/C16H20F3N3O3/c1-2-25-15(24)21-13-11(6-3-7-12(13)20)10-5-4-8-22(9-10)14(23)16(17,18)19/h3,6-7,10H,2,4-5,8-9,20H2,1H3,(H,21,24). The molecular weight excluding hydrogens is 339 g/mol. The highest BCUT2D eigenvalue weighted by Crippen LogP contribution is 2.36. The number of nitrogens with zero attached hydrogens (tertiary/aromatic N) is 1. The van der Waals surface area contributed by atoms with Crippen molar-refractivity contribution < 1.29 is 27.5 Å². The summed E-state index contributed by atoms with van der Waals surface area (Å²) in [5.41, 5.74) is 7.09. The monoisotopic (exact) mass is 359 g/mol. The van der Waals surface area contributed by atoms with Crippen LogP contribution >= 0.6 is 0 Å². The first kappa shape index (κ1) is 18.9. The third-order valence-corrected chi connectivity index (χ3v) is 4.02. The first-order chi connectivity index (χ1) is 11.7. The third-order valence-electron chi connectivity index (χ3n) is 4.02. The summed E-state index contributed by atoms with van der Waals surface area (Å²) in [6, 6.07) is 4.92. The van der Waals surface area contributed by atoms with E-state index < -0.39 is 18.2 Å². The average molecular weight is 359 g/mol. The number of carbonyl (C=O) groups is 2. The molecule has 3 N–H and O–H groups in total. The predicted octanol–water partition coefficient (Wildman–Crippen LogP) is 3.11. The average Bonchev–Trinajstić information content (AvgIpc) is 2.55. The molecule has 138 valence electrons. The zero-order chi connectivity index (χ0) is 18.6. The van der Waals surface area contributed by atoms with E-state index in [1.165, 1.54) is 0 Å². The molecule has 25 heavy (non-hydrogen) atoms. The smallest absolute Gasteiger partial charge is 0.450 e. The number of para-hydroxylation sites is 1. The molecule has 1 unspecified atom stereocenters. The Balaban J connectivity index is 2.24. The highest BCUT2D eigenvalue weighted by atomic mass is 19.4. The first-order valence-electron chi connectivity index (χ1n) is 7.92. The normalized spacial score (nSPS) is 17.9. The van der Waals surface area contributed by atoms with Gasteiger partial charge < -0.3 is 15.4 Å². The molecule has 6 nitrogen and oxygen atoms in total. The van der Waals surface area contributed by atoms with Crippen molar-refractivity contribution in [3.63, 3.8) is 0 Å². The SMILES string of the molecule is CCOC(=O)Nc1c(N)cccc1C1CCCN(C(=O)C(F)(F)F)C1. The van der Waals surface area contributed by atoms with Crippen LogP contribution in [0.3, 0.4) is 0 Å². The third kappa shape index (κ3) is 4.55. The van der Waals surface area contributed by atoms with Crippen molar-refractivity contribution in [1.29, 1.82) is 0 Å². The molecule has 1 aliphatic rings. The summed E-state index contributed by atoms with van der Waals surface area (Å²) in [6.45, 7) is 1.79. The van der Waals surface area contributed by atoms with Crippen LogP contribution in [0.5, 0.6) is 0 Å². The molecule has 0 aliphatic carbocycles. The number of alkyl halides is 3. The lowest BCUT2D eigenvalue weighted by atomic mass is 9.89. The molecule has 1 saturated heterocycles. The van der Waals surface area contributed by atoms with Crippen LogP contribution in [0.1, 0.15) is 31.2 Å². The van der Waals surface area contributed by atoms with Crippen LogP contribution in [0.15, 0.2) is 18.2 Å². The second-order valence-electron chi connectivity index (χ2n) is 5.75. The number of hydrogen-bond acceptors (Lipinski definition) is 4. The van der Waals surface area contributed by atoms with E-state index in [9.17, 15) is 22.8 Å². The molecule has 1 aromatic carbocycles. The van der Waals surface area contributed by atoms with Crippen molar-refractivity contribution in [2.24, 2.45) is 0 Å². The summed E-state index contributed by atoms with van der Waals surface area (Å²) < 4.78 is 42.9. The minimum atomic E-state index is -4.90. The lowest BCUT2D eigenvalue weighted by Crippen LogP contribution is -2.45. The van der Waals surface area contributed by atoms with Gasteiger partial charge in [0.15, 0.2) is 0 Å². The number of amides is 2. The molecule has 9 heteroatoms. The van der Waals surface area contributed by atoms with Crippen molar-refractivity contribution in [3.8, 4) is 0 Å². The second kappa shape index (κ2) is 7.62.